The molecule has 0 aliphatic rings. The van der Waals surface area contributed by atoms with Crippen molar-refractivity contribution in [3.8, 4) is 0 Å². The molecule has 0 saturated heterocycles. The van der Waals surface area contributed by atoms with Crippen LogP contribution in [0.15, 0.2) is 42.5 Å². The molecular formula is C11H14O. The van der Waals surface area contributed by atoms with Crippen molar-refractivity contribution in [2.75, 3.05) is 0 Å². The minimum absolute atomic E-state index is 0.758. The molecule has 1 aromatic rings. The normalized spacial score (nSPS) is 15.2. The van der Waals surface area contributed by atoms with Crippen LogP contribution in [-0.2, 0) is 5.60 Å². The second kappa shape index (κ2) is 3.11. The van der Waals surface area contributed by atoms with E-state index in [0.717, 1.165) is 11.1 Å². The molecule has 0 saturated carbocycles. The molecule has 0 aliphatic heterocycles. The molecule has 1 rings (SSSR count). The van der Waals surface area contributed by atoms with Crippen LogP contribution < -0.4 is 0 Å². The Balaban J connectivity index is 3.06. The lowest BCUT2D eigenvalue weighted by molar-refractivity contribution is 0.0981. The van der Waals surface area contributed by atoms with Crippen LogP contribution in [0.1, 0.15) is 19.4 Å². The molecule has 0 aliphatic carbocycles. The average molecular weight is 162 g/mol. The Hall–Kier alpha value is -1.08. The van der Waals surface area contributed by atoms with Gasteiger partial charge in [0.25, 0.3) is 0 Å². The summed E-state index contributed by atoms with van der Waals surface area (Å²) in [5, 5.41) is 9.96. The molecule has 12 heavy (non-hydrogen) atoms. The standard InChI is InChI=1S/C11H14O/c1-9(2)11(3,12)10-7-5-4-6-8-10/h4-8,12H,1H2,2-3H3/t11-/m1/s1. The Morgan fingerprint density at radius 2 is 1.83 bits per heavy atom. The van der Waals surface area contributed by atoms with Crippen molar-refractivity contribution in [1.29, 1.82) is 0 Å². The van der Waals surface area contributed by atoms with E-state index in [4.69, 9.17) is 0 Å². The fraction of sp³-hybridized carbons (Fsp3) is 0.273. The first-order valence-electron chi connectivity index (χ1n) is 3.99. The quantitative estimate of drug-likeness (QED) is 0.662. The van der Waals surface area contributed by atoms with E-state index in [9.17, 15) is 5.11 Å². The van der Waals surface area contributed by atoms with E-state index < -0.39 is 5.60 Å². The van der Waals surface area contributed by atoms with Crippen molar-refractivity contribution >= 4 is 0 Å². The largest absolute Gasteiger partial charge is 0.381 e. The van der Waals surface area contributed by atoms with Crippen LogP contribution in [0.3, 0.4) is 0 Å². The fourth-order valence-corrected chi connectivity index (χ4v) is 1.01. The van der Waals surface area contributed by atoms with E-state index in [1.165, 1.54) is 0 Å². The maximum absolute atomic E-state index is 9.96. The van der Waals surface area contributed by atoms with Gasteiger partial charge in [0, 0.05) is 0 Å². The van der Waals surface area contributed by atoms with Gasteiger partial charge >= 0.3 is 0 Å². The van der Waals surface area contributed by atoms with E-state index in [0.29, 0.717) is 0 Å². The zero-order chi connectivity index (χ0) is 9.19. The minimum Gasteiger partial charge on any atom is -0.381 e. The first-order valence-corrected chi connectivity index (χ1v) is 3.99. The number of hydrogen-bond donors (Lipinski definition) is 1. The molecule has 0 fully saturated rings. The molecule has 0 bridgehead atoms. The number of benzene rings is 1. The molecule has 1 aromatic carbocycles. The summed E-state index contributed by atoms with van der Waals surface area (Å²) < 4.78 is 0. The van der Waals surface area contributed by atoms with Crippen molar-refractivity contribution in [3.05, 3.63) is 48.0 Å². The zero-order valence-corrected chi connectivity index (χ0v) is 7.54. The first-order chi connectivity index (χ1) is 5.55. The average Bonchev–Trinajstić information content (AvgIpc) is 2.06. The molecule has 0 aromatic heterocycles. The maximum atomic E-state index is 9.96. The first kappa shape index (κ1) is 9.01. The molecule has 0 spiro atoms. The topological polar surface area (TPSA) is 20.2 Å². The summed E-state index contributed by atoms with van der Waals surface area (Å²) in [6.45, 7) is 7.33. The molecule has 0 amide bonds. The van der Waals surface area contributed by atoms with Gasteiger partial charge in [-0.25, -0.2) is 0 Å². The van der Waals surface area contributed by atoms with E-state index in [2.05, 4.69) is 6.58 Å². The second-order valence-corrected chi connectivity index (χ2v) is 3.22. The van der Waals surface area contributed by atoms with Crippen LogP contribution in [0, 0.1) is 0 Å². The van der Waals surface area contributed by atoms with Gasteiger partial charge in [-0.1, -0.05) is 36.9 Å². The molecule has 1 N–H and O–H groups in total. The van der Waals surface area contributed by atoms with Gasteiger partial charge in [-0.3, -0.25) is 0 Å². The Kier molecular flexibility index (Phi) is 2.34. The van der Waals surface area contributed by atoms with Crippen molar-refractivity contribution in [1.82, 2.24) is 0 Å². The van der Waals surface area contributed by atoms with Gasteiger partial charge in [0.1, 0.15) is 5.60 Å². The summed E-state index contributed by atoms with van der Waals surface area (Å²) >= 11 is 0. The molecular weight excluding hydrogens is 148 g/mol. The molecule has 1 nitrogen and oxygen atoms in total. The minimum atomic E-state index is -0.902. The third-order valence-corrected chi connectivity index (χ3v) is 2.17. The molecule has 0 unspecified atom stereocenters. The second-order valence-electron chi connectivity index (χ2n) is 3.22. The van der Waals surface area contributed by atoms with Gasteiger partial charge in [0.15, 0.2) is 0 Å². The lowest BCUT2D eigenvalue weighted by Crippen LogP contribution is -2.21. The van der Waals surface area contributed by atoms with Gasteiger partial charge in [-0.15, -0.1) is 0 Å². The van der Waals surface area contributed by atoms with Crippen LogP contribution in [0.4, 0.5) is 0 Å². The predicted octanol–water partition coefficient (Wildman–Crippen LogP) is 2.47. The Morgan fingerprint density at radius 1 is 1.33 bits per heavy atom. The Bertz CT molecular complexity index is 272. The van der Waals surface area contributed by atoms with Crippen molar-refractivity contribution in [2.24, 2.45) is 0 Å². The van der Waals surface area contributed by atoms with Crippen LogP contribution in [-0.4, -0.2) is 5.11 Å². The van der Waals surface area contributed by atoms with Gasteiger partial charge in [-0.05, 0) is 25.0 Å². The number of hydrogen-bond acceptors (Lipinski definition) is 1. The van der Waals surface area contributed by atoms with Crippen LogP contribution >= 0.6 is 0 Å². The monoisotopic (exact) mass is 162 g/mol. The molecule has 64 valence electrons. The van der Waals surface area contributed by atoms with Crippen LogP contribution in [0.5, 0.6) is 0 Å². The summed E-state index contributed by atoms with van der Waals surface area (Å²) in [5.74, 6) is 0. The van der Waals surface area contributed by atoms with Gasteiger partial charge in [-0.2, -0.15) is 0 Å². The fourth-order valence-electron chi connectivity index (χ4n) is 1.01. The van der Waals surface area contributed by atoms with Crippen molar-refractivity contribution in [3.63, 3.8) is 0 Å². The van der Waals surface area contributed by atoms with E-state index in [-0.39, 0.29) is 0 Å². The number of rotatable bonds is 2. The molecule has 0 radical (unpaired) electrons. The Labute approximate surface area is 73.4 Å². The highest BCUT2D eigenvalue weighted by Crippen LogP contribution is 2.26. The van der Waals surface area contributed by atoms with Crippen LogP contribution in [0.25, 0.3) is 0 Å². The molecule has 0 heterocycles. The highest BCUT2D eigenvalue weighted by Gasteiger charge is 2.22. The summed E-state index contributed by atoms with van der Waals surface area (Å²) in [4.78, 5) is 0. The summed E-state index contributed by atoms with van der Waals surface area (Å²) in [7, 11) is 0. The smallest absolute Gasteiger partial charge is 0.107 e. The van der Waals surface area contributed by atoms with E-state index >= 15 is 0 Å². The van der Waals surface area contributed by atoms with Crippen molar-refractivity contribution in [2.45, 2.75) is 19.4 Å². The molecule has 1 heteroatoms. The lowest BCUT2D eigenvalue weighted by Gasteiger charge is -2.23. The summed E-state index contributed by atoms with van der Waals surface area (Å²) in [6.07, 6.45) is 0. The highest BCUT2D eigenvalue weighted by atomic mass is 16.3. The Morgan fingerprint density at radius 3 is 2.25 bits per heavy atom. The van der Waals surface area contributed by atoms with E-state index in [1.807, 2.05) is 37.3 Å². The predicted molar refractivity (Wildman–Crippen MR) is 50.8 cm³/mol. The summed E-state index contributed by atoms with van der Waals surface area (Å²) in [5.41, 5.74) is 0.743. The number of aliphatic hydroxyl groups is 1. The highest BCUT2D eigenvalue weighted by molar-refractivity contribution is 5.29. The van der Waals surface area contributed by atoms with Crippen LogP contribution in [0.2, 0.25) is 0 Å². The summed E-state index contributed by atoms with van der Waals surface area (Å²) in [6, 6.07) is 9.54. The maximum Gasteiger partial charge on any atom is 0.107 e. The van der Waals surface area contributed by atoms with Gasteiger partial charge in [0.2, 0.25) is 0 Å². The third kappa shape index (κ3) is 1.56. The van der Waals surface area contributed by atoms with E-state index in [1.54, 1.807) is 6.92 Å². The zero-order valence-electron chi connectivity index (χ0n) is 7.54. The van der Waals surface area contributed by atoms with Gasteiger partial charge < -0.3 is 5.11 Å². The van der Waals surface area contributed by atoms with Crippen molar-refractivity contribution < 1.29 is 5.11 Å². The molecule has 1 atom stereocenters. The SMILES string of the molecule is C=C(C)[C@@](C)(O)c1ccccc1. The van der Waals surface area contributed by atoms with Gasteiger partial charge in [0.05, 0.1) is 0 Å². The lowest BCUT2D eigenvalue weighted by atomic mass is 9.90. The third-order valence-electron chi connectivity index (χ3n) is 2.17.